The summed E-state index contributed by atoms with van der Waals surface area (Å²) in [5, 5.41) is 2.78. The predicted octanol–water partition coefficient (Wildman–Crippen LogP) is 2.06. The van der Waals surface area contributed by atoms with Crippen molar-refractivity contribution in [2.75, 3.05) is 19.0 Å². The van der Waals surface area contributed by atoms with Gasteiger partial charge in [-0.25, -0.2) is 4.39 Å². The van der Waals surface area contributed by atoms with Crippen molar-refractivity contribution in [2.24, 2.45) is 0 Å². The van der Waals surface area contributed by atoms with Crippen LogP contribution in [-0.4, -0.2) is 19.6 Å². The molecule has 0 aromatic heterocycles. The lowest BCUT2D eigenvalue weighted by Gasteiger charge is -2.07. The molecular weight excluding hydrogens is 209 g/mol. The number of hydrogen-bond acceptors (Lipinski definition) is 3. The van der Waals surface area contributed by atoms with Crippen molar-refractivity contribution in [1.29, 1.82) is 0 Å². The van der Waals surface area contributed by atoms with E-state index in [0.717, 1.165) is 0 Å². The molecule has 0 aliphatic carbocycles. The number of benzene rings is 1. The molecule has 0 heterocycles. The number of carbonyl (C=O) groups excluding carboxylic acids is 1. The van der Waals surface area contributed by atoms with Gasteiger partial charge in [0.05, 0.1) is 17.8 Å². The molecule has 0 fully saturated rings. The summed E-state index contributed by atoms with van der Waals surface area (Å²) in [7, 11) is 1.26. The van der Waals surface area contributed by atoms with E-state index in [1.807, 2.05) is 0 Å². The average Bonchev–Trinajstić information content (AvgIpc) is 2.16. The fourth-order valence-electron chi connectivity index (χ4n) is 0.899. The van der Waals surface area contributed by atoms with E-state index in [1.165, 1.54) is 25.3 Å². The van der Waals surface area contributed by atoms with Crippen molar-refractivity contribution in [2.45, 2.75) is 0 Å². The molecule has 0 saturated carbocycles. The highest BCUT2D eigenvalue weighted by Crippen LogP contribution is 2.24. The fourth-order valence-corrected chi connectivity index (χ4v) is 1.13. The van der Waals surface area contributed by atoms with E-state index in [2.05, 4.69) is 10.1 Å². The molecule has 76 valence electrons. The third-order valence-corrected chi connectivity index (χ3v) is 1.91. The van der Waals surface area contributed by atoms with Gasteiger partial charge in [0, 0.05) is 0 Å². The van der Waals surface area contributed by atoms with Crippen molar-refractivity contribution in [3.63, 3.8) is 0 Å². The summed E-state index contributed by atoms with van der Waals surface area (Å²) in [5.41, 5.74) is 0.111. The molecule has 0 spiro atoms. The summed E-state index contributed by atoms with van der Waals surface area (Å²) >= 11 is 5.70. The van der Waals surface area contributed by atoms with Crippen LogP contribution in [-0.2, 0) is 9.53 Å². The Kier molecular flexibility index (Phi) is 3.71. The molecule has 14 heavy (non-hydrogen) atoms. The first-order valence-electron chi connectivity index (χ1n) is 3.90. The second kappa shape index (κ2) is 4.81. The maximum atomic E-state index is 13.1. The third kappa shape index (κ3) is 2.60. The van der Waals surface area contributed by atoms with Crippen molar-refractivity contribution >= 4 is 23.3 Å². The van der Waals surface area contributed by atoms with E-state index in [4.69, 9.17) is 11.6 Å². The van der Waals surface area contributed by atoms with Crippen LogP contribution < -0.4 is 5.32 Å². The van der Waals surface area contributed by atoms with Crippen molar-refractivity contribution < 1.29 is 13.9 Å². The van der Waals surface area contributed by atoms with Gasteiger partial charge in [-0.15, -0.1) is 0 Å². The van der Waals surface area contributed by atoms with Gasteiger partial charge in [0.1, 0.15) is 12.4 Å². The maximum absolute atomic E-state index is 13.1. The number of anilines is 1. The number of rotatable bonds is 3. The van der Waals surface area contributed by atoms with E-state index >= 15 is 0 Å². The molecule has 0 bridgehead atoms. The standard InChI is InChI=1S/C9H9ClFNO2/c1-14-8(13)5-12-9-6(10)3-2-4-7(9)11/h2-4,12H,5H2,1H3. The number of hydrogen-bond donors (Lipinski definition) is 1. The van der Waals surface area contributed by atoms with E-state index in [-0.39, 0.29) is 17.3 Å². The van der Waals surface area contributed by atoms with Gasteiger partial charge < -0.3 is 10.1 Å². The van der Waals surface area contributed by atoms with Crippen LogP contribution >= 0.6 is 11.6 Å². The van der Waals surface area contributed by atoms with E-state index in [0.29, 0.717) is 0 Å². The smallest absolute Gasteiger partial charge is 0.325 e. The molecule has 3 nitrogen and oxygen atoms in total. The Labute approximate surface area is 85.8 Å². The van der Waals surface area contributed by atoms with E-state index in [9.17, 15) is 9.18 Å². The van der Waals surface area contributed by atoms with E-state index in [1.54, 1.807) is 0 Å². The number of para-hydroxylation sites is 1. The second-order valence-corrected chi connectivity index (χ2v) is 2.93. The van der Waals surface area contributed by atoms with E-state index < -0.39 is 11.8 Å². The zero-order valence-corrected chi connectivity index (χ0v) is 8.27. The van der Waals surface area contributed by atoms with Gasteiger partial charge in [0.25, 0.3) is 0 Å². The Bertz CT molecular complexity index is 323. The summed E-state index contributed by atoms with van der Waals surface area (Å²) < 4.78 is 17.5. The molecule has 0 saturated heterocycles. The molecular formula is C9H9ClFNO2. The quantitative estimate of drug-likeness (QED) is 0.788. The summed E-state index contributed by atoms with van der Waals surface area (Å²) in [6.07, 6.45) is 0. The van der Waals surface area contributed by atoms with Crippen LogP contribution in [0.4, 0.5) is 10.1 Å². The molecule has 0 unspecified atom stereocenters. The average molecular weight is 218 g/mol. The zero-order valence-electron chi connectivity index (χ0n) is 7.51. The van der Waals surface area contributed by atoms with Crippen LogP contribution in [0.3, 0.4) is 0 Å². The predicted molar refractivity (Wildman–Crippen MR) is 51.9 cm³/mol. The molecule has 1 aromatic carbocycles. The number of ether oxygens (including phenoxy) is 1. The lowest BCUT2D eigenvalue weighted by Crippen LogP contribution is -2.15. The Morgan fingerprint density at radius 3 is 2.93 bits per heavy atom. The lowest BCUT2D eigenvalue weighted by atomic mass is 10.3. The summed E-state index contributed by atoms with van der Waals surface area (Å²) in [6.45, 7) is -0.114. The largest absolute Gasteiger partial charge is 0.468 e. The van der Waals surface area contributed by atoms with Gasteiger partial charge in [0.15, 0.2) is 0 Å². The fraction of sp³-hybridized carbons (Fsp3) is 0.222. The topological polar surface area (TPSA) is 38.3 Å². The van der Waals surface area contributed by atoms with Crippen LogP contribution in [0, 0.1) is 5.82 Å². The maximum Gasteiger partial charge on any atom is 0.325 e. The minimum absolute atomic E-state index is 0.111. The number of carbonyl (C=O) groups is 1. The molecule has 0 aliphatic rings. The molecule has 5 heteroatoms. The number of halogens is 2. The Balaban J connectivity index is 2.71. The summed E-state index contributed by atoms with van der Waals surface area (Å²) in [4.78, 5) is 10.8. The summed E-state index contributed by atoms with van der Waals surface area (Å²) in [6, 6.07) is 4.27. The van der Waals surface area contributed by atoms with Gasteiger partial charge in [-0.2, -0.15) is 0 Å². The molecule has 0 aliphatic heterocycles. The van der Waals surface area contributed by atoms with Crippen molar-refractivity contribution in [1.82, 2.24) is 0 Å². The Morgan fingerprint density at radius 2 is 2.36 bits per heavy atom. The molecule has 0 amide bonds. The van der Waals surface area contributed by atoms with Gasteiger partial charge >= 0.3 is 5.97 Å². The molecule has 0 atom stereocenters. The van der Waals surface area contributed by atoms with Gasteiger partial charge in [-0.3, -0.25) is 4.79 Å². The van der Waals surface area contributed by atoms with Gasteiger partial charge in [-0.05, 0) is 12.1 Å². The molecule has 1 rings (SSSR count). The normalized spacial score (nSPS) is 9.64. The van der Waals surface area contributed by atoms with Crippen LogP contribution in [0.25, 0.3) is 0 Å². The monoisotopic (exact) mass is 217 g/mol. The first-order valence-corrected chi connectivity index (χ1v) is 4.27. The molecule has 0 radical (unpaired) electrons. The van der Waals surface area contributed by atoms with Crippen molar-refractivity contribution in [3.05, 3.63) is 29.0 Å². The number of nitrogens with one attached hydrogen (secondary N) is 1. The molecule has 1 aromatic rings. The van der Waals surface area contributed by atoms with Crippen LogP contribution in [0.15, 0.2) is 18.2 Å². The Morgan fingerprint density at radius 1 is 1.64 bits per heavy atom. The van der Waals surface area contributed by atoms with Gasteiger partial charge in [0.2, 0.25) is 0 Å². The van der Waals surface area contributed by atoms with Crippen LogP contribution in [0.2, 0.25) is 5.02 Å². The highest BCUT2D eigenvalue weighted by atomic mass is 35.5. The van der Waals surface area contributed by atoms with Crippen LogP contribution in [0.5, 0.6) is 0 Å². The minimum Gasteiger partial charge on any atom is -0.468 e. The zero-order chi connectivity index (χ0) is 10.6. The Hall–Kier alpha value is -1.29. The van der Waals surface area contributed by atoms with Crippen molar-refractivity contribution in [3.8, 4) is 0 Å². The first-order chi connectivity index (χ1) is 6.65. The second-order valence-electron chi connectivity index (χ2n) is 2.53. The third-order valence-electron chi connectivity index (χ3n) is 1.60. The minimum atomic E-state index is -0.499. The summed E-state index contributed by atoms with van der Waals surface area (Å²) in [5.74, 6) is -0.981. The van der Waals surface area contributed by atoms with Gasteiger partial charge in [-0.1, -0.05) is 17.7 Å². The number of methoxy groups -OCH3 is 1. The van der Waals surface area contributed by atoms with Crippen LogP contribution in [0.1, 0.15) is 0 Å². The lowest BCUT2D eigenvalue weighted by molar-refractivity contribution is -0.138. The first kappa shape index (κ1) is 10.8. The SMILES string of the molecule is COC(=O)CNc1c(F)cccc1Cl. The highest BCUT2D eigenvalue weighted by molar-refractivity contribution is 6.33. The number of esters is 1. The molecule has 1 N–H and O–H groups in total. The highest BCUT2D eigenvalue weighted by Gasteiger charge is 2.07.